The van der Waals surface area contributed by atoms with E-state index in [4.69, 9.17) is 16.7 Å². The van der Waals surface area contributed by atoms with E-state index >= 15 is 0 Å². The van der Waals surface area contributed by atoms with E-state index in [1.54, 1.807) is 23.9 Å². The van der Waals surface area contributed by atoms with Crippen molar-refractivity contribution in [3.8, 4) is 11.4 Å². The molecule has 0 saturated heterocycles. The Morgan fingerprint density at radius 3 is 3.00 bits per heavy atom. The van der Waals surface area contributed by atoms with E-state index in [2.05, 4.69) is 15.2 Å². The number of carboxylic acids is 1. The summed E-state index contributed by atoms with van der Waals surface area (Å²) in [7, 11) is 1.76. The summed E-state index contributed by atoms with van der Waals surface area (Å²) >= 11 is 7.13. The number of carbonyl (C=O) groups is 1. The van der Waals surface area contributed by atoms with Gasteiger partial charge in [-0.3, -0.25) is 9.78 Å². The largest absolute Gasteiger partial charge is 0.481 e. The zero-order valence-corrected chi connectivity index (χ0v) is 10.9. The van der Waals surface area contributed by atoms with Gasteiger partial charge < -0.3 is 9.67 Å². The molecule has 0 aliphatic heterocycles. The van der Waals surface area contributed by atoms with Gasteiger partial charge in [0.15, 0.2) is 11.0 Å². The molecule has 0 aliphatic rings. The molecule has 0 bridgehead atoms. The van der Waals surface area contributed by atoms with Gasteiger partial charge in [-0.25, -0.2) is 0 Å². The molecule has 6 nitrogen and oxygen atoms in total. The zero-order valence-electron chi connectivity index (χ0n) is 9.37. The molecule has 2 aromatic heterocycles. The van der Waals surface area contributed by atoms with Gasteiger partial charge in [-0.15, -0.1) is 10.2 Å². The third-order valence-electron chi connectivity index (χ3n) is 2.17. The normalized spacial score (nSPS) is 10.6. The monoisotopic (exact) mass is 284 g/mol. The number of pyridine rings is 1. The minimum atomic E-state index is -0.897. The van der Waals surface area contributed by atoms with E-state index in [1.165, 1.54) is 6.20 Å². The molecular weight excluding hydrogens is 276 g/mol. The number of nitrogens with zero attached hydrogens (tertiary/aromatic N) is 4. The molecule has 94 valence electrons. The van der Waals surface area contributed by atoms with Crippen LogP contribution in [0.2, 0.25) is 5.02 Å². The van der Waals surface area contributed by atoms with Gasteiger partial charge in [0.1, 0.15) is 0 Å². The van der Waals surface area contributed by atoms with Crippen LogP contribution in [0.15, 0.2) is 23.6 Å². The second-order valence-electron chi connectivity index (χ2n) is 3.40. The maximum atomic E-state index is 10.5. The number of hydrogen-bond acceptors (Lipinski definition) is 5. The first-order valence-corrected chi connectivity index (χ1v) is 6.30. The standard InChI is InChI=1S/C10H9ClN4O2S/c1-15-9(6-2-3-12-4-7(6)11)13-14-10(15)18-5-8(16)17/h2-4H,5H2,1H3,(H,16,17). The molecule has 0 radical (unpaired) electrons. The first-order valence-electron chi connectivity index (χ1n) is 4.93. The molecule has 0 atom stereocenters. The molecule has 0 aliphatic carbocycles. The van der Waals surface area contributed by atoms with Gasteiger partial charge in [-0.1, -0.05) is 23.4 Å². The quantitative estimate of drug-likeness (QED) is 0.861. The zero-order chi connectivity index (χ0) is 13.1. The van der Waals surface area contributed by atoms with Gasteiger partial charge >= 0.3 is 5.97 Å². The van der Waals surface area contributed by atoms with E-state index in [-0.39, 0.29) is 5.75 Å². The number of aromatic nitrogens is 4. The number of thioether (sulfide) groups is 1. The summed E-state index contributed by atoms with van der Waals surface area (Å²) in [5, 5.41) is 17.6. The van der Waals surface area contributed by atoms with Crippen LogP contribution in [-0.4, -0.2) is 36.6 Å². The van der Waals surface area contributed by atoms with Gasteiger partial charge in [-0.2, -0.15) is 0 Å². The van der Waals surface area contributed by atoms with Crippen molar-refractivity contribution in [1.82, 2.24) is 19.7 Å². The van der Waals surface area contributed by atoms with E-state index in [0.29, 0.717) is 21.6 Å². The van der Waals surface area contributed by atoms with Crippen molar-refractivity contribution in [1.29, 1.82) is 0 Å². The van der Waals surface area contributed by atoms with Crippen molar-refractivity contribution in [3.05, 3.63) is 23.5 Å². The SMILES string of the molecule is Cn1c(SCC(=O)O)nnc1-c1ccncc1Cl. The predicted octanol–water partition coefficient (Wildman–Crippen LogP) is 1.71. The van der Waals surface area contributed by atoms with Crippen molar-refractivity contribution in [2.45, 2.75) is 5.16 Å². The molecule has 2 heterocycles. The number of hydrogen-bond donors (Lipinski definition) is 1. The van der Waals surface area contributed by atoms with Crippen molar-refractivity contribution in [3.63, 3.8) is 0 Å². The van der Waals surface area contributed by atoms with Gasteiger partial charge in [0.2, 0.25) is 0 Å². The van der Waals surface area contributed by atoms with Crippen LogP contribution in [-0.2, 0) is 11.8 Å². The van der Waals surface area contributed by atoms with Crippen molar-refractivity contribution >= 4 is 29.3 Å². The fourth-order valence-corrected chi connectivity index (χ4v) is 2.19. The van der Waals surface area contributed by atoms with Crippen LogP contribution < -0.4 is 0 Å². The lowest BCUT2D eigenvalue weighted by Crippen LogP contribution is -2.01. The maximum Gasteiger partial charge on any atom is 0.313 e. The van der Waals surface area contributed by atoms with Crippen molar-refractivity contribution < 1.29 is 9.90 Å². The van der Waals surface area contributed by atoms with Crippen LogP contribution in [0.4, 0.5) is 0 Å². The lowest BCUT2D eigenvalue weighted by molar-refractivity contribution is -0.133. The van der Waals surface area contributed by atoms with E-state index < -0.39 is 5.97 Å². The molecule has 0 saturated carbocycles. The fraction of sp³-hybridized carbons (Fsp3) is 0.200. The molecule has 8 heteroatoms. The smallest absolute Gasteiger partial charge is 0.313 e. The average molecular weight is 285 g/mol. The molecule has 0 amide bonds. The summed E-state index contributed by atoms with van der Waals surface area (Å²) in [5.74, 6) is -0.377. The van der Waals surface area contributed by atoms with Crippen molar-refractivity contribution in [2.24, 2.45) is 7.05 Å². The molecule has 0 unspecified atom stereocenters. The minimum Gasteiger partial charge on any atom is -0.481 e. The lowest BCUT2D eigenvalue weighted by atomic mass is 10.2. The Labute approximate surface area is 112 Å². The Balaban J connectivity index is 2.31. The van der Waals surface area contributed by atoms with Crippen molar-refractivity contribution in [2.75, 3.05) is 5.75 Å². The third kappa shape index (κ3) is 2.62. The highest BCUT2D eigenvalue weighted by Crippen LogP contribution is 2.27. The summed E-state index contributed by atoms with van der Waals surface area (Å²) < 4.78 is 1.70. The molecule has 2 rings (SSSR count). The second kappa shape index (κ2) is 5.36. The Hall–Kier alpha value is -1.60. The third-order valence-corrected chi connectivity index (χ3v) is 3.48. The van der Waals surface area contributed by atoms with Gasteiger partial charge in [0, 0.05) is 25.0 Å². The van der Waals surface area contributed by atoms with Crippen LogP contribution in [0, 0.1) is 0 Å². The van der Waals surface area contributed by atoms with Crippen LogP contribution in [0.5, 0.6) is 0 Å². The van der Waals surface area contributed by atoms with Crippen LogP contribution in [0.25, 0.3) is 11.4 Å². The highest BCUT2D eigenvalue weighted by molar-refractivity contribution is 7.99. The van der Waals surface area contributed by atoms with Crippen LogP contribution in [0.3, 0.4) is 0 Å². The Morgan fingerprint density at radius 1 is 1.56 bits per heavy atom. The summed E-state index contributed by atoms with van der Waals surface area (Å²) in [6, 6.07) is 1.73. The number of rotatable bonds is 4. The number of carboxylic acid groups (broad SMARTS) is 1. The highest BCUT2D eigenvalue weighted by Gasteiger charge is 2.14. The molecule has 0 spiro atoms. The second-order valence-corrected chi connectivity index (χ2v) is 4.75. The molecule has 2 aromatic rings. The first-order chi connectivity index (χ1) is 8.59. The van der Waals surface area contributed by atoms with E-state index in [9.17, 15) is 4.79 Å². The fourth-order valence-electron chi connectivity index (χ4n) is 1.36. The molecular formula is C10H9ClN4O2S. The molecule has 0 aromatic carbocycles. The number of halogens is 1. The summed E-state index contributed by atoms with van der Waals surface area (Å²) in [4.78, 5) is 14.4. The Kier molecular flexibility index (Phi) is 3.83. The Morgan fingerprint density at radius 2 is 2.33 bits per heavy atom. The lowest BCUT2D eigenvalue weighted by Gasteiger charge is -2.04. The summed E-state index contributed by atoms with van der Waals surface area (Å²) in [6.07, 6.45) is 3.13. The van der Waals surface area contributed by atoms with E-state index in [1.807, 2.05) is 0 Å². The average Bonchev–Trinajstić information content (AvgIpc) is 2.69. The first kappa shape index (κ1) is 12.8. The van der Waals surface area contributed by atoms with Gasteiger partial charge in [-0.05, 0) is 6.07 Å². The minimum absolute atomic E-state index is 0.0595. The van der Waals surface area contributed by atoms with Gasteiger partial charge in [0.25, 0.3) is 0 Å². The van der Waals surface area contributed by atoms with E-state index in [0.717, 1.165) is 11.8 Å². The van der Waals surface area contributed by atoms with Crippen LogP contribution in [0.1, 0.15) is 0 Å². The maximum absolute atomic E-state index is 10.5. The number of aliphatic carboxylic acids is 1. The molecule has 0 fully saturated rings. The van der Waals surface area contributed by atoms with Gasteiger partial charge in [0.05, 0.1) is 10.8 Å². The molecule has 1 N–H and O–H groups in total. The highest BCUT2D eigenvalue weighted by atomic mass is 35.5. The van der Waals surface area contributed by atoms with Crippen LogP contribution >= 0.6 is 23.4 Å². The summed E-state index contributed by atoms with van der Waals surface area (Å²) in [6.45, 7) is 0. The predicted molar refractivity (Wildman–Crippen MR) is 67.6 cm³/mol. The molecule has 18 heavy (non-hydrogen) atoms. The Bertz CT molecular complexity index is 587. The topological polar surface area (TPSA) is 80.9 Å². The summed E-state index contributed by atoms with van der Waals surface area (Å²) in [5.41, 5.74) is 0.712.